The van der Waals surface area contributed by atoms with E-state index in [4.69, 9.17) is 9.47 Å². The molecule has 1 fully saturated rings. The van der Waals surface area contributed by atoms with Gasteiger partial charge in [-0.25, -0.2) is 4.39 Å². The Labute approximate surface area is 167 Å². The van der Waals surface area contributed by atoms with Crippen LogP contribution in [0.15, 0.2) is 48.8 Å². The number of aromatic nitrogens is 2. The van der Waals surface area contributed by atoms with E-state index in [0.717, 1.165) is 16.8 Å². The van der Waals surface area contributed by atoms with Crippen molar-refractivity contribution in [1.29, 1.82) is 0 Å². The Kier molecular flexibility index (Phi) is 5.07. The number of rotatable bonds is 6. The molecule has 2 aromatic carbocycles. The van der Waals surface area contributed by atoms with Crippen LogP contribution >= 0.6 is 0 Å². The zero-order valence-corrected chi connectivity index (χ0v) is 16.1. The normalized spacial score (nSPS) is 16.2. The molecule has 0 radical (unpaired) electrons. The Morgan fingerprint density at radius 1 is 1.21 bits per heavy atom. The highest BCUT2D eigenvalue weighted by molar-refractivity contribution is 6.01. The summed E-state index contributed by atoms with van der Waals surface area (Å²) in [6, 6.07) is 9.61. The van der Waals surface area contributed by atoms with Gasteiger partial charge in [-0.15, -0.1) is 0 Å². The molecule has 0 saturated carbocycles. The van der Waals surface area contributed by atoms with Gasteiger partial charge >= 0.3 is 0 Å². The van der Waals surface area contributed by atoms with Crippen molar-refractivity contribution >= 4 is 17.3 Å². The van der Waals surface area contributed by atoms with E-state index in [9.17, 15) is 9.18 Å². The minimum Gasteiger partial charge on any atom is -0.496 e. The number of para-hydroxylation sites is 1. The topological polar surface area (TPSA) is 79.5 Å². The first kappa shape index (κ1) is 18.8. The average Bonchev–Trinajstić information content (AvgIpc) is 3.39. The molecule has 0 aliphatic carbocycles. The minimum atomic E-state index is -0.541. The molecule has 1 saturated heterocycles. The lowest BCUT2D eigenvalue weighted by Crippen LogP contribution is -2.33. The minimum absolute atomic E-state index is 0.131. The molecule has 7 nitrogen and oxygen atoms in total. The third-order valence-corrected chi connectivity index (χ3v) is 5.03. The molecule has 29 heavy (non-hydrogen) atoms. The molecule has 1 aromatic heterocycles. The van der Waals surface area contributed by atoms with Gasteiger partial charge in [-0.05, 0) is 30.7 Å². The highest BCUT2D eigenvalue weighted by Crippen LogP contribution is 2.35. The molecule has 1 atom stereocenters. The molecule has 0 spiro atoms. The summed E-state index contributed by atoms with van der Waals surface area (Å²) < 4.78 is 24.9. The van der Waals surface area contributed by atoms with Gasteiger partial charge in [0.25, 0.3) is 0 Å². The first-order chi connectivity index (χ1) is 14.1. The van der Waals surface area contributed by atoms with E-state index < -0.39 is 11.9 Å². The number of anilines is 2. The maximum absolute atomic E-state index is 14.2. The fourth-order valence-electron chi connectivity index (χ4n) is 3.54. The highest BCUT2D eigenvalue weighted by Gasteiger charge is 2.34. The van der Waals surface area contributed by atoms with Crippen LogP contribution in [-0.2, 0) is 4.79 Å². The number of hydrogen-bond donors (Lipinski definition) is 2. The highest BCUT2D eigenvalue weighted by atomic mass is 19.1. The third kappa shape index (κ3) is 3.49. The Bertz CT molecular complexity index is 1020. The number of benzene rings is 2. The molecule has 4 rings (SSSR count). The predicted octanol–water partition coefficient (Wildman–Crippen LogP) is 3.45. The summed E-state index contributed by atoms with van der Waals surface area (Å²) in [7, 11) is 3.06. The van der Waals surface area contributed by atoms with Crippen LogP contribution in [0.4, 0.5) is 15.8 Å². The third-order valence-electron chi connectivity index (χ3n) is 5.03. The van der Waals surface area contributed by atoms with E-state index in [1.807, 2.05) is 18.2 Å². The van der Waals surface area contributed by atoms with Crippen molar-refractivity contribution in [2.75, 3.05) is 31.0 Å². The summed E-state index contributed by atoms with van der Waals surface area (Å²) in [4.78, 5) is 14.7. The smallest absolute Gasteiger partial charge is 0.249 e. The van der Waals surface area contributed by atoms with Crippen LogP contribution in [-0.4, -0.2) is 42.9 Å². The number of carbonyl (C=O) groups is 1. The summed E-state index contributed by atoms with van der Waals surface area (Å²) >= 11 is 0. The second-order valence-corrected chi connectivity index (χ2v) is 6.66. The lowest BCUT2D eigenvalue weighted by Gasteiger charge is -2.20. The number of nitrogens with zero attached hydrogens (tertiary/aromatic N) is 2. The van der Waals surface area contributed by atoms with Crippen molar-refractivity contribution in [1.82, 2.24) is 10.2 Å². The molecule has 1 aliphatic rings. The predicted molar refractivity (Wildman–Crippen MR) is 108 cm³/mol. The SMILES string of the molecule is COc1cc(N2CCC(Nc3c(F)cccc3OC)C2=O)ccc1-c1cn[nH]c1. The zero-order valence-electron chi connectivity index (χ0n) is 16.1. The first-order valence-electron chi connectivity index (χ1n) is 9.20. The van der Waals surface area contributed by atoms with Crippen molar-refractivity contribution in [3.8, 4) is 22.6 Å². The summed E-state index contributed by atoms with van der Waals surface area (Å²) in [6.07, 6.45) is 4.03. The molecule has 1 unspecified atom stereocenters. The van der Waals surface area contributed by atoms with Gasteiger partial charge in [-0.1, -0.05) is 6.07 Å². The molecule has 1 aliphatic heterocycles. The Balaban J connectivity index is 1.57. The molecule has 3 aromatic rings. The van der Waals surface area contributed by atoms with Crippen molar-refractivity contribution in [3.05, 3.63) is 54.6 Å². The lowest BCUT2D eigenvalue weighted by molar-refractivity contribution is -0.117. The van der Waals surface area contributed by atoms with Gasteiger partial charge in [0.2, 0.25) is 5.91 Å². The van der Waals surface area contributed by atoms with Crippen molar-refractivity contribution in [2.24, 2.45) is 0 Å². The van der Waals surface area contributed by atoms with Gasteiger partial charge < -0.3 is 19.7 Å². The number of amides is 1. The number of carbonyl (C=O) groups excluding carboxylic acids is 1. The summed E-state index contributed by atoms with van der Waals surface area (Å²) in [5.41, 5.74) is 2.70. The maximum atomic E-state index is 14.2. The van der Waals surface area contributed by atoms with Crippen molar-refractivity contribution in [3.63, 3.8) is 0 Å². The molecular weight excluding hydrogens is 375 g/mol. The second-order valence-electron chi connectivity index (χ2n) is 6.66. The Morgan fingerprint density at radius 2 is 2.03 bits per heavy atom. The second kappa shape index (κ2) is 7.83. The number of halogens is 1. The van der Waals surface area contributed by atoms with E-state index in [-0.39, 0.29) is 11.6 Å². The molecule has 0 bridgehead atoms. The standard InChI is InChI=1S/C21H21FN4O3/c1-28-18-5-3-4-16(22)20(18)25-17-8-9-26(21(17)27)14-6-7-15(19(10-14)29-2)13-11-23-24-12-13/h3-7,10-12,17,25H,8-9H2,1-2H3,(H,23,24). The summed E-state index contributed by atoms with van der Waals surface area (Å²) in [5.74, 6) is 0.418. The zero-order chi connectivity index (χ0) is 20.4. The number of nitrogens with one attached hydrogen (secondary N) is 2. The van der Waals surface area contributed by atoms with E-state index in [1.54, 1.807) is 36.5 Å². The van der Waals surface area contributed by atoms with Gasteiger partial charge in [-0.2, -0.15) is 5.10 Å². The molecule has 2 heterocycles. The fourth-order valence-corrected chi connectivity index (χ4v) is 3.54. The van der Waals surface area contributed by atoms with Crippen molar-refractivity contribution in [2.45, 2.75) is 12.5 Å². The van der Waals surface area contributed by atoms with Crippen LogP contribution in [0, 0.1) is 5.82 Å². The number of methoxy groups -OCH3 is 2. The van der Waals surface area contributed by atoms with Gasteiger partial charge in [0, 0.05) is 35.6 Å². The summed E-state index contributed by atoms with van der Waals surface area (Å²) in [5, 5.41) is 9.75. The van der Waals surface area contributed by atoms with Crippen LogP contribution in [0.25, 0.3) is 11.1 Å². The monoisotopic (exact) mass is 396 g/mol. The molecule has 1 amide bonds. The van der Waals surface area contributed by atoms with Crippen LogP contribution in [0.5, 0.6) is 11.5 Å². The molecule has 2 N–H and O–H groups in total. The Morgan fingerprint density at radius 3 is 2.76 bits per heavy atom. The van der Waals surface area contributed by atoms with Gasteiger partial charge in [0.1, 0.15) is 29.0 Å². The van der Waals surface area contributed by atoms with Crippen LogP contribution in [0.2, 0.25) is 0 Å². The van der Waals surface area contributed by atoms with Crippen LogP contribution in [0.3, 0.4) is 0 Å². The van der Waals surface area contributed by atoms with E-state index >= 15 is 0 Å². The van der Waals surface area contributed by atoms with Crippen LogP contribution < -0.4 is 19.7 Å². The number of aromatic amines is 1. The van der Waals surface area contributed by atoms with Gasteiger partial charge in [0.15, 0.2) is 0 Å². The Hall–Kier alpha value is -3.55. The lowest BCUT2D eigenvalue weighted by atomic mass is 10.1. The number of hydrogen-bond acceptors (Lipinski definition) is 5. The van der Waals surface area contributed by atoms with E-state index in [0.29, 0.717) is 24.5 Å². The average molecular weight is 396 g/mol. The van der Waals surface area contributed by atoms with E-state index in [2.05, 4.69) is 15.5 Å². The fraction of sp³-hybridized carbons (Fsp3) is 0.238. The van der Waals surface area contributed by atoms with Crippen LogP contribution in [0.1, 0.15) is 6.42 Å². The van der Waals surface area contributed by atoms with Gasteiger partial charge in [0.05, 0.1) is 20.4 Å². The number of ether oxygens (including phenoxy) is 2. The largest absolute Gasteiger partial charge is 0.496 e. The van der Waals surface area contributed by atoms with Crippen molar-refractivity contribution < 1.29 is 18.7 Å². The van der Waals surface area contributed by atoms with Gasteiger partial charge in [-0.3, -0.25) is 9.89 Å². The summed E-state index contributed by atoms with van der Waals surface area (Å²) in [6.45, 7) is 0.515. The quantitative estimate of drug-likeness (QED) is 0.667. The van der Waals surface area contributed by atoms with E-state index in [1.165, 1.54) is 13.2 Å². The molecule has 150 valence electrons. The molecular formula is C21H21FN4O3. The first-order valence-corrected chi connectivity index (χ1v) is 9.20. The molecule has 8 heteroatoms. The number of H-pyrrole nitrogens is 1. The maximum Gasteiger partial charge on any atom is 0.249 e.